The zero-order valence-electron chi connectivity index (χ0n) is 49.9. The molecule has 0 aliphatic rings. The maximum absolute atomic E-state index is 13.6. The summed E-state index contributed by atoms with van der Waals surface area (Å²) in [6.45, 7) is 5.27. The van der Waals surface area contributed by atoms with Gasteiger partial charge in [0, 0.05) is 77.9 Å². The number of nitrogens with zero attached hydrogens (tertiary/aromatic N) is 1. The lowest BCUT2D eigenvalue weighted by molar-refractivity contribution is -0.142. The molecule has 9 N–H and O–H groups in total. The molecular weight excluding hydrogens is 1090 g/mol. The first kappa shape index (κ1) is 74.3. The fraction of sp³-hybridized carbons (Fsp3) is 0.705. The summed E-state index contributed by atoms with van der Waals surface area (Å²) in [5, 5.41) is 20.6. The number of rotatable bonds is 57. The van der Waals surface area contributed by atoms with Gasteiger partial charge in [-0.3, -0.25) is 28.5 Å². The van der Waals surface area contributed by atoms with E-state index in [2.05, 4.69) is 21.3 Å². The standard InChI is InChI=1S/C61H104N7O14P/c62-35-40-68(41-36-63)60(73)32-31-56(69)65-38-44-79-48-47-78-43-34-58(71)66-39-45-80-49-46-77-42-33-57(70)64-37-23-22-29-55(61(74)75)67-59(72)30-21-13-11-9-7-5-3-1-2-4-6-8-10-12-14-24-50-83(76,81-51-53-25-17-15-18-26-53)82-52-54-27-19-16-20-28-54/h15-20,25-28,55H,1-14,21-24,29-52,62-63H2,(H,64,70)(H,65,69)(H,66,71)(H,67,72)(H,74,75)/t55-/m0/s1. The third-order valence-electron chi connectivity index (χ3n) is 13.5. The Balaban J connectivity index is 1.32. The highest BCUT2D eigenvalue weighted by Crippen LogP contribution is 2.50. The maximum atomic E-state index is 13.6. The minimum absolute atomic E-state index is 0.0711. The molecule has 0 saturated carbocycles. The molecule has 0 unspecified atom stereocenters. The van der Waals surface area contributed by atoms with Crippen molar-refractivity contribution in [2.24, 2.45) is 11.5 Å². The van der Waals surface area contributed by atoms with Crippen LogP contribution in [0.4, 0.5) is 0 Å². The van der Waals surface area contributed by atoms with E-state index >= 15 is 0 Å². The number of carboxylic acid groups (broad SMARTS) is 1. The van der Waals surface area contributed by atoms with Crippen molar-refractivity contribution in [1.29, 1.82) is 0 Å². The highest BCUT2D eigenvalue weighted by atomic mass is 31.2. The van der Waals surface area contributed by atoms with E-state index in [0.29, 0.717) is 104 Å². The van der Waals surface area contributed by atoms with Crippen molar-refractivity contribution in [1.82, 2.24) is 26.2 Å². The number of ether oxygens (including phenoxy) is 4. The lowest BCUT2D eigenvalue weighted by atomic mass is 10.0. The molecule has 0 spiro atoms. The maximum Gasteiger partial charge on any atom is 0.331 e. The van der Waals surface area contributed by atoms with E-state index in [1.807, 2.05) is 60.7 Å². The molecule has 0 aliphatic heterocycles. The molecule has 1 atom stereocenters. The van der Waals surface area contributed by atoms with Crippen molar-refractivity contribution in [3.63, 3.8) is 0 Å². The van der Waals surface area contributed by atoms with Gasteiger partial charge in [0.1, 0.15) is 6.04 Å². The van der Waals surface area contributed by atoms with Gasteiger partial charge in [-0.2, -0.15) is 0 Å². The molecule has 0 aromatic heterocycles. The Hall–Kier alpha value is -4.83. The summed E-state index contributed by atoms with van der Waals surface area (Å²) in [7, 11) is -3.23. The molecule has 21 nitrogen and oxygen atoms in total. The van der Waals surface area contributed by atoms with Crippen LogP contribution in [0.2, 0.25) is 0 Å². The normalized spacial score (nSPS) is 11.7. The number of hydrogen-bond acceptors (Lipinski definition) is 15. The molecule has 0 radical (unpaired) electrons. The van der Waals surface area contributed by atoms with Crippen molar-refractivity contribution in [3.05, 3.63) is 71.8 Å². The van der Waals surface area contributed by atoms with Gasteiger partial charge in [-0.1, -0.05) is 151 Å². The number of carboxylic acids is 1. The first-order chi connectivity index (χ1) is 40.4. The summed E-state index contributed by atoms with van der Waals surface area (Å²) < 4.78 is 47.3. The van der Waals surface area contributed by atoms with Crippen LogP contribution >= 0.6 is 7.60 Å². The second-order valence-electron chi connectivity index (χ2n) is 20.7. The first-order valence-electron chi connectivity index (χ1n) is 30.7. The van der Waals surface area contributed by atoms with Gasteiger partial charge in [-0.15, -0.1) is 0 Å². The van der Waals surface area contributed by atoms with Crippen LogP contribution in [0.1, 0.15) is 165 Å². The molecule has 0 bridgehead atoms. The first-order valence-corrected chi connectivity index (χ1v) is 32.4. The number of unbranched alkanes of at least 4 members (excludes halogenated alkanes) is 16. The van der Waals surface area contributed by atoms with E-state index in [0.717, 1.165) is 56.1 Å². The topological polar surface area (TPSA) is 298 Å². The molecule has 472 valence electrons. The highest BCUT2D eigenvalue weighted by Gasteiger charge is 2.25. The molecule has 22 heteroatoms. The SMILES string of the molecule is NCCN(CCN)C(=O)CCC(=O)NCCOCCOCCC(=O)NCCOCCOCCC(=O)NCCCC[C@H](NC(=O)CCCCCCCCCCCCCCCCCCP(=O)(OCc1ccccc1)OCc1ccccc1)C(=O)O. The van der Waals surface area contributed by atoms with Gasteiger partial charge >= 0.3 is 13.6 Å². The zero-order chi connectivity index (χ0) is 60.1. The number of carbonyl (C=O) groups excluding carboxylic acids is 5. The minimum Gasteiger partial charge on any atom is -0.480 e. The third kappa shape index (κ3) is 43.5. The largest absolute Gasteiger partial charge is 0.480 e. The van der Waals surface area contributed by atoms with E-state index in [9.17, 15) is 38.4 Å². The summed E-state index contributed by atoms with van der Waals surface area (Å²) in [6, 6.07) is 18.6. The highest BCUT2D eigenvalue weighted by molar-refractivity contribution is 7.53. The lowest BCUT2D eigenvalue weighted by Gasteiger charge is -2.21. The number of benzene rings is 2. The van der Waals surface area contributed by atoms with E-state index in [1.165, 1.54) is 57.8 Å². The fourth-order valence-electron chi connectivity index (χ4n) is 8.77. The predicted molar refractivity (Wildman–Crippen MR) is 322 cm³/mol. The number of nitrogens with two attached hydrogens (primary N) is 2. The van der Waals surface area contributed by atoms with Gasteiger partial charge in [-0.05, 0) is 43.2 Å². The Labute approximate surface area is 495 Å². The number of amides is 5. The molecule has 83 heavy (non-hydrogen) atoms. The van der Waals surface area contributed by atoms with Crippen molar-refractivity contribution >= 4 is 43.1 Å². The fourth-order valence-corrected chi connectivity index (χ4v) is 10.4. The van der Waals surface area contributed by atoms with E-state index in [4.69, 9.17) is 39.5 Å². The number of nitrogens with one attached hydrogen (secondary N) is 4. The molecule has 0 fully saturated rings. The van der Waals surface area contributed by atoms with Gasteiger partial charge in [-0.25, -0.2) is 4.79 Å². The number of carbonyl (C=O) groups is 6. The Morgan fingerprint density at radius 2 is 0.867 bits per heavy atom. The molecular formula is C61H104N7O14P. The van der Waals surface area contributed by atoms with Crippen LogP contribution in [0, 0.1) is 0 Å². The van der Waals surface area contributed by atoms with E-state index in [-0.39, 0.29) is 94.7 Å². The predicted octanol–water partition coefficient (Wildman–Crippen LogP) is 7.71. The van der Waals surface area contributed by atoms with Crippen LogP contribution in [0.25, 0.3) is 0 Å². The summed E-state index contributed by atoms with van der Waals surface area (Å²) >= 11 is 0. The van der Waals surface area contributed by atoms with Crippen molar-refractivity contribution in [3.8, 4) is 0 Å². The third-order valence-corrected chi connectivity index (χ3v) is 15.5. The van der Waals surface area contributed by atoms with Crippen LogP contribution in [-0.4, -0.2) is 156 Å². The van der Waals surface area contributed by atoms with Gasteiger partial charge in [0.2, 0.25) is 29.5 Å². The van der Waals surface area contributed by atoms with Crippen LogP contribution in [0.3, 0.4) is 0 Å². The second-order valence-corrected chi connectivity index (χ2v) is 22.9. The second kappa shape index (κ2) is 51.6. The van der Waals surface area contributed by atoms with Gasteiger partial charge in [0.25, 0.3) is 0 Å². The average molecular weight is 1190 g/mol. The van der Waals surface area contributed by atoms with Crippen LogP contribution in [0.15, 0.2) is 60.7 Å². The molecule has 5 amide bonds. The molecule has 2 rings (SSSR count). The Bertz CT molecular complexity index is 1980. The summed E-state index contributed by atoms with van der Waals surface area (Å²) in [5.74, 6) is -2.05. The van der Waals surface area contributed by atoms with Crippen LogP contribution in [-0.2, 0) is 74.5 Å². The Morgan fingerprint density at radius 1 is 0.458 bits per heavy atom. The van der Waals surface area contributed by atoms with Crippen LogP contribution in [0.5, 0.6) is 0 Å². The monoisotopic (exact) mass is 1190 g/mol. The minimum atomic E-state index is -3.23. The summed E-state index contributed by atoms with van der Waals surface area (Å²) in [6.07, 6.45) is 20.6. The lowest BCUT2D eigenvalue weighted by Crippen LogP contribution is -2.40. The smallest absolute Gasteiger partial charge is 0.331 e. The number of aliphatic carboxylic acids is 1. The van der Waals surface area contributed by atoms with E-state index < -0.39 is 19.6 Å². The quantitative estimate of drug-likeness (QED) is 0.0246. The average Bonchev–Trinajstić information content (AvgIpc) is 3.55. The van der Waals surface area contributed by atoms with Gasteiger partial charge in [0.15, 0.2) is 0 Å². The molecule has 2 aromatic carbocycles. The molecule has 0 aliphatic carbocycles. The number of hydrogen-bond donors (Lipinski definition) is 7. The summed E-state index contributed by atoms with van der Waals surface area (Å²) in [5.41, 5.74) is 13.0. The van der Waals surface area contributed by atoms with Gasteiger partial charge in [0.05, 0.1) is 72.2 Å². The Kier molecular flexibility index (Phi) is 46.2. The van der Waals surface area contributed by atoms with Crippen molar-refractivity contribution in [2.45, 2.75) is 173 Å². The van der Waals surface area contributed by atoms with Gasteiger partial charge < -0.3 is 70.7 Å². The zero-order valence-corrected chi connectivity index (χ0v) is 50.7. The van der Waals surface area contributed by atoms with Crippen LogP contribution < -0.4 is 32.7 Å². The summed E-state index contributed by atoms with van der Waals surface area (Å²) in [4.78, 5) is 74.3. The van der Waals surface area contributed by atoms with E-state index in [1.54, 1.807) is 4.90 Å². The Morgan fingerprint density at radius 3 is 1.31 bits per heavy atom. The van der Waals surface area contributed by atoms with Crippen molar-refractivity contribution < 1.29 is 66.4 Å². The molecule has 0 heterocycles. The molecule has 2 aromatic rings. The van der Waals surface area contributed by atoms with Crippen molar-refractivity contribution in [2.75, 3.05) is 105 Å². The molecule has 0 saturated heterocycles.